The zero-order valence-corrected chi connectivity index (χ0v) is 17.2. The molecule has 29 heavy (non-hydrogen) atoms. The van der Waals surface area contributed by atoms with Gasteiger partial charge < -0.3 is 10.0 Å². The summed E-state index contributed by atoms with van der Waals surface area (Å²) in [4.78, 5) is 29.5. The summed E-state index contributed by atoms with van der Waals surface area (Å²) in [6.45, 7) is 6.42. The molecule has 2 aromatic carbocycles. The fraction of sp³-hybridized carbons (Fsp3) is 0.417. The summed E-state index contributed by atoms with van der Waals surface area (Å²) < 4.78 is 0. The maximum atomic E-state index is 13.4. The van der Waals surface area contributed by atoms with E-state index >= 15 is 0 Å². The van der Waals surface area contributed by atoms with Crippen LogP contribution in [-0.4, -0.2) is 36.6 Å². The molecule has 5 heteroatoms. The van der Waals surface area contributed by atoms with Gasteiger partial charge in [-0.3, -0.25) is 14.5 Å². The number of likely N-dealkylation sites (tertiary alicyclic amines) is 1. The van der Waals surface area contributed by atoms with Crippen LogP contribution in [0.5, 0.6) is 0 Å². The quantitative estimate of drug-likeness (QED) is 0.765. The minimum absolute atomic E-state index is 0.205. The average molecular weight is 394 g/mol. The molecule has 2 N–H and O–H groups in total. The average Bonchev–Trinajstić information content (AvgIpc) is 2.92. The fourth-order valence-corrected chi connectivity index (χ4v) is 4.63. The second-order valence-corrected chi connectivity index (χ2v) is 8.50. The molecule has 2 heterocycles. The summed E-state index contributed by atoms with van der Waals surface area (Å²) in [5.41, 5.74) is 1.88. The number of ketones is 1. The number of aliphatic hydroxyl groups is 1. The van der Waals surface area contributed by atoms with Crippen molar-refractivity contribution in [2.45, 2.75) is 45.1 Å². The Hall–Kier alpha value is -2.50. The Morgan fingerprint density at radius 2 is 1.83 bits per heavy atom. The van der Waals surface area contributed by atoms with Crippen molar-refractivity contribution in [3.63, 3.8) is 0 Å². The molecule has 2 aliphatic rings. The molecule has 152 valence electrons. The van der Waals surface area contributed by atoms with E-state index in [9.17, 15) is 14.7 Å². The molecule has 1 fully saturated rings. The molecule has 0 bridgehead atoms. The highest BCUT2D eigenvalue weighted by atomic mass is 16.3. The molecule has 2 aromatic rings. The Morgan fingerprint density at radius 1 is 1.10 bits per heavy atom. The van der Waals surface area contributed by atoms with Crippen molar-refractivity contribution in [2.24, 2.45) is 0 Å². The van der Waals surface area contributed by atoms with Crippen molar-refractivity contribution < 1.29 is 19.6 Å². The number of quaternary nitrogens is 1. The van der Waals surface area contributed by atoms with Crippen LogP contribution < -0.4 is 9.80 Å². The number of piperidine rings is 1. The lowest BCUT2D eigenvalue weighted by molar-refractivity contribution is -0.903. The van der Waals surface area contributed by atoms with Gasteiger partial charge in [0, 0.05) is 11.1 Å². The van der Waals surface area contributed by atoms with Gasteiger partial charge in [0.25, 0.3) is 5.91 Å². The van der Waals surface area contributed by atoms with Crippen LogP contribution in [0.4, 0.5) is 5.69 Å². The number of para-hydroxylation sites is 1. The van der Waals surface area contributed by atoms with Gasteiger partial charge in [-0.05, 0) is 50.8 Å². The minimum atomic E-state index is -1.81. The van der Waals surface area contributed by atoms with E-state index in [1.54, 1.807) is 11.0 Å². The first-order valence-electron chi connectivity index (χ1n) is 10.5. The maximum Gasteiger partial charge on any atom is 0.268 e. The van der Waals surface area contributed by atoms with Crippen molar-refractivity contribution in [1.82, 2.24) is 0 Å². The highest BCUT2D eigenvalue weighted by molar-refractivity contribution is 6.10. The first kappa shape index (κ1) is 19.8. The van der Waals surface area contributed by atoms with E-state index in [0.29, 0.717) is 17.8 Å². The van der Waals surface area contributed by atoms with Gasteiger partial charge in [-0.2, -0.15) is 0 Å². The Bertz CT molecular complexity index is 949. The van der Waals surface area contributed by atoms with E-state index in [0.717, 1.165) is 42.7 Å². The predicted octanol–water partition coefficient (Wildman–Crippen LogP) is 2.14. The number of Topliss-reactive ketones (excluding diaryl/α,β-unsaturated/α-hetero) is 1. The molecule has 5 nitrogen and oxygen atoms in total. The van der Waals surface area contributed by atoms with Crippen LogP contribution in [0.15, 0.2) is 42.5 Å². The fourth-order valence-electron chi connectivity index (χ4n) is 4.63. The molecule has 1 saturated heterocycles. The summed E-state index contributed by atoms with van der Waals surface area (Å²) in [5, 5.41) is 11.5. The van der Waals surface area contributed by atoms with E-state index in [1.165, 1.54) is 11.3 Å². The van der Waals surface area contributed by atoms with Gasteiger partial charge in [-0.25, -0.2) is 0 Å². The summed E-state index contributed by atoms with van der Waals surface area (Å²) in [7, 11) is 0. The van der Waals surface area contributed by atoms with Gasteiger partial charge in [0.15, 0.2) is 18.1 Å². The standard InChI is InChI=1S/C24H28N2O3/c1-17-10-11-18(2)19(14-17)22(27)15-24(29)20-8-4-5-9-21(20)26(23(24)28)16-25-12-6-3-7-13-25/h4-5,8-11,14,29H,3,6-7,12-13,15-16H2,1-2H3/p+1/t24-/m0/s1. The third kappa shape index (κ3) is 3.61. The van der Waals surface area contributed by atoms with Crippen LogP contribution in [-0.2, 0) is 10.4 Å². The number of carbonyl (C=O) groups is 2. The lowest BCUT2D eigenvalue weighted by atomic mass is 9.87. The second-order valence-electron chi connectivity index (χ2n) is 8.50. The molecular formula is C24H29N2O3+. The monoisotopic (exact) mass is 393 g/mol. The summed E-state index contributed by atoms with van der Waals surface area (Å²) >= 11 is 0. The van der Waals surface area contributed by atoms with Gasteiger partial charge in [0.2, 0.25) is 0 Å². The number of hydrogen-bond donors (Lipinski definition) is 2. The van der Waals surface area contributed by atoms with Crippen LogP contribution in [0.3, 0.4) is 0 Å². The molecule has 1 atom stereocenters. The zero-order valence-electron chi connectivity index (χ0n) is 17.2. The zero-order chi connectivity index (χ0) is 20.6. The van der Waals surface area contributed by atoms with Crippen LogP contribution in [0.2, 0.25) is 0 Å². The van der Waals surface area contributed by atoms with E-state index < -0.39 is 5.60 Å². The van der Waals surface area contributed by atoms with E-state index in [4.69, 9.17) is 0 Å². The van der Waals surface area contributed by atoms with E-state index in [-0.39, 0.29) is 18.1 Å². The van der Waals surface area contributed by atoms with E-state index in [1.807, 2.05) is 50.2 Å². The van der Waals surface area contributed by atoms with Crippen LogP contribution in [0, 0.1) is 13.8 Å². The lowest BCUT2D eigenvalue weighted by Gasteiger charge is -2.29. The number of nitrogens with one attached hydrogen (secondary N) is 1. The van der Waals surface area contributed by atoms with Crippen LogP contribution in [0.1, 0.15) is 52.7 Å². The Labute approximate surface area is 171 Å². The molecular weight excluding hydrogens is 364 g/mol. The number of fused-ring (bicyclic) bond motifs is 1. The minimum Gasteiger partial charge on any atom is -0.375 e. The molecule has 0 aliphatic carbocycles. The highest BCUT2D eigenvalue weighted by Gasteiger charge is 2.51. The number of hydrogen-bond acceptors (Lipinski definition) is 3. The Morgan fingerprint density at radius 3 is 2.59 bits per heavy atom. The molecule has 0 radical (unpaired) electrons. The van der Waals surface area contributed by atoms with Crippen molar-refractivity contribution in [1.29, 1.82) is 0 Å². The third-order valence-corrected chi connectivity index (χ3v) is 6.29. The third-order valence-electron chi connectivity index (χ3n) is 6.29. The number of rotatable bonds is 5. The largest absolute Gasteiger partial charge is 0.375 e. The molecule has 0 aromatic heterocycles. The van der Waals surface area contributed by atoms with Crippen molar-refractivity contribution in [3.8, 4) is 0 Å². The topological polar surface area (TPSA) is 62.0 Å². The molecule has 0 unspecified atom stereocenters. The number of nitrogens with zero attached hydrogens (tertiary/aromatic N) is 1. The summed E-state index contributed by atoms with van der Waals surface area (Å²) in [5.74, 6) is -0.584. The number of anilines is 1. The predicted molar refractivity (Wildman–Crippen MR) is 112 cm³/mol. The number of benzene rings is 2. The van der Waals surface area contributed by atoms with Gasteiger partial charge in [-0.15, -0.1) is 0 Å². The normalized spacial score (nSPS) is 22.0. The van der Waals surface area contributed by atoms with Crippen molar-refractivity contribution >= 4 is 17.4 Å². The summed E-state index contributed by atoms with van der Waals surface area (Å²) in [6, 6.07) is 13.0. The molecule has 2 aliphatic heterocycles. The van der Waals surface area contributed by atoms with Gasteiger partial charge in [-0.1, -0.05) is 35.9 Å². The Kier molecular flexibility index (Phi) is 5.28. The second kappa shape index (κ2) is 7.73. The first-order chi connectivity index (χ1) is 13.9. The smallest absolute Gasteiger partial charge is 0.268 e. The first-order valence-corrected chi connectivity index (χ1v) is 10.5. The summed E-state index contributed by atoms with van der Waals surface area (Å²) in [6.07, 6.45) is 3.32. The van der Waals surface area contributed by atoms with Crippen LogP contribution >= 0.6 is 0 Å². The number of amides is 1. The molecule has 1 amide bonds. The molecule has 0 spiro atoms. The maximum absolute atomic E-state index is 13.4. The highest BCUT2D eigenvalue weighted by Crippen LogP contribution is 2.42. The Balaban J connectivity index is 1.64. The van der Waals surface area contributed by atoms with Crippen molar-refractivity contribution in [2.75, 3.05) is 24.7 Å². The van der Waals surface area contributed by atoms with Crippen molar-refractivity contribution in [3.05, 3.63) is 64.7 Å². The number of aryl methyl sites for hydroxylation is 2. The van der Waals surface area contributed by atoms with Gasteiger partial charge >= 0.3 is 0 Å². The SMILES string of the molecule is Cc1ccc(C)c(C(=O)C[C@@]2(O)C(=O)N(C[NH+]3CCCCC3)c3ccccc32)c1. The lowest BCUT2D eigenvalue weighted by Crippen LogP contribution is -3.14. The van der Waals surface area contributed by atoms with Crippen LogP contribution in [0.25, 0.3) is 0 Å². The molecule has 0 saturated carbocycles. The van der Waals surface area contributed by atoms with Gasteiger partial charge in [0.1, 0.15) is 0 Å². The van der Waals surface area contributed by atoms with E-state index in [2.05, 4.69) is 0 Å². The van der Waals surface area contributed by atoms with Gasteiger partial charge in [0.05, 0.1) is 25.2 Å². The molecule has 4 rings (SSSR count). The number of carbonyl (C=O) groups excluding carboxylic acids is 2.